The van der Waals surface area contributed by atoms with Crippen molar-refractivity contribution >= 4 is 27.8 Å². The Labute approximate surface area is 128 Å². The molecular weight excluding hydrogens is 334 g/mol. The largest absolute Gasteiger partial charge is 0.724 e. The summed E-state index contributed by atoms with van der Waals surface area (Å²) in [7, 11) is -5.04. The van der Waals surface area contributed by atoms with Gasteiger partial charge in [-0.1, -0.05) is 0 Å². The van der Waals surface area contributed by atoms with Gasteiger partial charge in [-0.15, -0.1) is 11.3 Å². The molecule has 2 atom stereocenters. The fourth-order valence-corrected chi connectivity index (χ4v) is 4.06. The number of aromatic nitrogens is 3. The maximum absolute atomic E-state index is 12.4. The van der Waals surface area contributed by atoms with E-state index in [1.807, 2.05) is 0 Å². The Balaban J connectivity index is 1.82. The highest BCUT2D eigenvalue weighted by Crippen LogP contribution is 2.46. The number of rotatable bonds is 3. The number of hydrogen-bond donors (Lipinski definition) is 1. The summed E-state index contributed by atoms with van der Waals surface area (Å²) >= 11 is 1.28. The van der Waals surface area contributed by atoms with Gasteiger partial charge in [0.2, 0.25) is 10.4 Å². The predicted molar refractivity (Wildman–Crippen MR) is 68.8 cm³/mol. The molecule has 10 nitrogen and oxygen atoms in total. The van der Waals surface area contributed by atoms with Crippen molar-refractivity contribution in [1.29, 1.82) is 0 Å². The Morgan fingerprint density at radius 2 is 2.36 bits per heavy atom. The van der Waals surface area contributed by atoms with Crippen LogP contribution >= 0.6 is 11.3 Å². The Morgan fingerprint density at radius 3 is 3.05 bits per heavy atom. The van der Waals surface area contributed by atoms with Crippen molar-refractivity contribution in [2.75, 3.05) is 6.54 Å². The molecule has 1 saturated heterocycles. The first-order valence-electron chi connectivity index (χ1n) is 6.19. The number of carbonyl (C=O) groups is 1. The second kappa shape index (κ2) is 4.49. The molecule has 4 heterocycles. The summed E-state index contributed by atoms with van der Waals surface area (Å²) < 4.78 is 36.9. The van der Waals surface area contributed by atoms with Crippen molar-refractivity contribution in [3.05, 3.63) is 34.3 Å². The van der Waals surface area contributed by atoms with Crippen molar-refractivity contribution in [1.82, 2.24) is 19.9 Å². The second-order valence-corrected chi connectivity index (χ2v) is 6.65. The van der Waals surface area contributed by atoms with E-state index in [2.05, 4.69) is 19.2 Å². The lowest BCUT2D eigenvalue weighted by atomic mass is 10.0. The van der Waals surface area contributed by atoms with Crippen molar-refractivity contribution < 1.29 is 27.0 Å². The highest BCUT2D eigenvalue weighted by molar-refractivity contribution is 7.80. The molecule has 0 radical (unpaired) electrons. The number of thiazole rings is 1. The molecule has 0 spiro atoms. The molecule has 0 aromatic carbocycles. The number of nitrogens with zero attached hydrogens (tertiary/aromatic N) is 3. The minimum Gasteiger partial charge on any atom is -0.724 e. The first-order chi connectivity index (χ1) is 10.5. The van der Waals surface area contributed by atoms with E-state index in [9.17, 15) is 17.8 Å². The molecule has 12 heteroatoms. The smallest absolute Gasteiger partial charge is 0.346 e. The highest BCUT2D eigenvalue weighted by atomic mass is 32.3. The topological polar surface area (TPSA) is 133 Å². The van der Waals surface area contributed by atoms with Gasteiger partial charge in [-0.2, -0.15) is 9.35 Å². The van der Waals surface area contributed by atoms with E-state index in [0.29, 0.717) is 21.5 Å². The van der Waals surface area contributed by atoms with E-state index in [4.69, 9.17) is 0 Å². The van der Waals surface area contributed by atoms with Gasteiger partial charge in [-0.25, -0.2) is 28.2 Å². The van der Waals surface area contributed by atoms with Gasteiger partial charge in [-0.3, -0.25) is 0 Å². The van der Waals surface area contributed by atoms with Gasteiger partial charge >= 0.3 is 6.03 Å². The van der Waals surface area contributed by atoms with E-state index in [-0.39, 0.29) is 6.54 Å². The van der Waals surface area contributed by atoms with Gasteiger partial charge < -0.3 is 9.45 Å². The molecule has 4 rings (SSSR count). The van der Waals surface area contributed by atoms with E-state index < -0.39 is 28.5 Å². The Hall–Kier alpha value is -2.02. The lowest BCUT2D eigenvalue weighted by Gasteiger charge is -2.25. The third-order valence-electron chi connectivity index (χ3n) is 3.59. The van der Waals surface area contributed by atoms with Crippen molar-refractivity contribution in [2.45, 2.75) is 12.1 Å². The van der Waals surface area contributed by atoms with Crippen LogP contribution in [0.4, 0.5) is 4.79 Å². The van der Waals surface area contributed by atoms with Gasteiger partial charge in [0.25, 0.3) is 5.82 Å². The molecule has 0 saturated carbocycles. The SMILES string of the molecule is O=C1N2C[C@H](c3scnc3[C@H]2c2[nH]cc[nH+]2)N1OS(=O)(=O)[O-]. The van der Waals surface area contributed by atoms with Crippen LogP contribution in [0.15, 0.2) is 17.9 Å². The van der Waals surface area contributed by atoms with Crippen LogP contribution in [0.25, 0.3) is 0 Å². The first kappa shape index (κ1) is 13.6. The van der Waals surface area contributed by atoms with Gasteiger partial charge in [0.15, 0.2) is 6.04 Å². The first-order valence-corrected chi connectivity index (χ1v) is 8.40. The number of H-pyrrole nitrogens is 2. The molecule has 2 aromatic rings. The zero-order chi connectivity index (χ0) is 15.5. The maximum atomic E-state index is 12.4. The molecule has 2 aromatic heterocycles. The molecule has 2 aliphatic heterocycles. The maximum Gasteiger partial charge on any atom is 0.346 e. The summed E-state index contributed by atoms with van der Waals surface area (Å²) in [6, 6.07) is -1.87. The van der Waals surface area contributed by atoms with Crippen LogP contribution in [0.3, 0.4) is 0 Å². The Kier molecular flexibility index (Phi) is 2.78. The number of imidazole rings is 1. The van der Waals surface area contributed by atoms with Crippen LogP contribution in [0.2, 0.25) is 0 Å². The molecule has 22 heavy (non-hydrogen) atoms. The number of urea groups is 1. The van der Waals surface area contributed by atoms with Crippen LogP contribution in [-0.4, -0.2) is 45.5 Å². The summed E-state index contributed by atoms with van der Waals surface area (Å²) in [5, 5.41) is 0.613. The van der Waals surface area contributed by atoms with Crippen molar-refractivity contribution in [3.63, 3.8) is 0 Å². The van der Waals surface area contributed by atoms with Crippen LogP contribution in [-0.2, 0) is 14.7 Å². The van der Waals surface area contributed by atoms with Gasteiger partial charge in [0.05, 0.1) is 22.6 Å². The zero-order valence-electron chi connectivity index (χ0n) is 10.8. The van der Waals surface area contributed by atoms with Crippen LogP contribution < -0.4 is 4.98 Å². The Morgan fingerprint density at radius 1 is 1.55 bits per heavy atom. The van der Waals surface area contributed by atoms with Gasteiger partial charge in [0.1, 0.15) is 18.4 Å². The average molecular weight is 343 g/mol. The van der Waals surface area contributed by atoms with Gasteiger partial charge in [-0.05, 0) is 0 Å². The van der Waals surface area contributed by atoms with E-state index >= 15 is 0 Å². The fraction of sp³-hybridized carbons (Fsp3) is 0.300. The second-order valence-electron chi connectivity index (χ2n) is 4.80. The molecule has 116 valence electrons. The molecule has 0 aliphatic carbocycles. The van der Waals surface area contributed by atoms with Crippen LogP contribution in [0.1, 0.15) is 28.5 Å². The molecule has 2 N–H and O–H groups in total. The quantitative estimate of drug-likeness (QED) is 0.593. The normalized spacial score (nSPS) is 24.0. The van der Waals surface area contributed by atoms with Crippen LogP contribution in [0.5, 0.6) is 0 Å². The summed E-state index contributed by atoms with van der Waals surface area (Å²) in [4.78, 5) is 24.7. The number of hydroxylamine groups is 2. The third-order valence-corrected chi connectivity index (χ3v) is 4.88. The van der Waals surface area contributed by atoms with E-state index in [1.165, 1.54) is 16.2 Å². The summed E-state index contributed by atoms with van der Waals surface area (Å²) in [5.41, 5.74) is 2.24. The number of nitrogens with one attached hydrogen (secondary N) is 2. The fourth-order valence-electron chi connectivity index (χ4n) is 2.81. The number of fused-ring (bicyclic) bond motifs is 4. The molecule has 1 fully saturated rings. The predicted octanol–water partition coefficient (Wildman–Crippen LogP) is -0.441. The zero-order valence-corrected chi connectivity index (χ0v) is 12.4. The molecule has 2 aliphatic rings. The minimum absolute atomic E-state index is 0.209. The van der Waals surface area contributed by atoms with E-state index in [1.54, 1.807) is 17.9 Å². The number of carbonyl (C=O) groups excluding carboxylic acids is 1. The van der Waals surface area contributed by atoms with Crippen molar-refractivity contribution in [2.24, 2.45) is 0 Å². The van der Waals surface area contributed by atoms with Crippen molar-refractivity contribution in [3.8, 4) is 0 Å². The van der Waals surface area contributed by atoms with Gasteiger partial charge in [0, 0.05) is 0 Å². The minimum atomic E-state index is -5.04. The molecule has 2 amide bonds. The molecule has 0 unspecified atom stereocenters. The summed E-state index contributed by atoms with van der Waals surface area (Å²) in [6.45, 7) is 0.209. The third kappa shape index (κ3) is 1.92. The Bertz CT molecular complexity index is 832. The van der Waals surface area contributed by atoms with Crippen LogP contribution in [0, 0.1) is 0 Å². The number of aromatic amines is 2. The average Bonchev–Trinajstić information content (AvgIpc) is 3.15. The highest BCUT2D eigenvalue weighted by Gasteiger charge is 2.53. The lowest BCUT2D eigenvalue weighted by Crippen LogP contribution is -2.37. The molecule has 2 bridgehead atoms. The summed E-state index contributed by atoms with van der Waals surface area (Å²) in [6.07, 6.45) is 3.34. The monoisotopic (exact) mass is 343 g/mol. The molecular formula is C10H9N5O5S2. The number of amides is 2. The lowest BCUT2D eigenvalue weighted by molar-refractivity contribution is -0.392. The standard InChI is InChI=1S/C10H9N5O5S2/c16-10-14-3-5(15(10)20-22(17,18)19)8-6(13-4-21-8)7(14)9-11-1-2-12-9/h1-2,4-5,7H,3H2,(H,11,12)(H,17,18,19)/t5-,7+/m1/s1. The summed E-state index contributed by atoms with van der Waals surface area (Å²) in [5.74, 6) is 0.630. The van der Waals surface area contributed by atoms with E-state index in [0.717, 1.165) is 0 Å². The number of hydrogen-bond acceptors (Lipinski definition) is 7.